The lowest BCUT2D eigenvalue weighted by atomic mass is 10.0. The van der Waals surface area contributed by atoms with Crippen molar-refractivity contribution in [2.45, 2.75) is 51.7 Å². The molecular formula is C28H28Cl4N2O2. The SMILES string of the molecule is CCC(C)NC(=O)C(Cc1ccccc1)N(Cc1c(Cl)cccc1Cl)C(=O)Cc1ccc(Cl)cc1Cl. The zero-order chi connectivity index (χ0) is 26.2. The number of hydrogen-bond acceptors (Lipinski definition) is 2. The van der Waals surface area contributed by atoms with Crippen molar-refractivity contribution in [2.75, 3.05) is 0 Å². The summed E-state index contributed by atoms with van der Waals surface area (Å²) in [6.45, 7) is 3.99. The van der Waals surface area contributed by atoms with Gasteiger partial charge in [0.25, 0.3) is 0 Å². The van der Waals surface area contributed by atoms with Crippen LogP contribution in [0.3, 0.4) is 0 Å². The highest BCUT2D eigenvalue weighted by molar-refractivity contribution is 6.36. The van der Waals surface area contributed by atoms with Crippen molar-refractivity contribution in [3.63, 3.8) is 0 Å². The molecule has 0 aliphatic carbocycles. The monoisotopic (exact) mass is 564 g/mol. The van der Waals surface area contributed by atoms with Crippen molar-refractivity contribution in [3.05, 3.63) is 104 Å². The second-order valence-corrected chi connectivity index (χ2v) is 10.3. The predicted octanol–water partition coefficient (Wildman–Crippen LogP) is 7.40. The number of nitrogens with one attached hydrogen (secondary N) is 1. The molecule has 0 radical (unpaired) electrons. The van der Waals surface area contributed by atoms with E-state index >= 15 is 0 Å². The van der Waals surface area contributed by atoms with E-state index in [0.717, 1.165) is 12.0 Å². The van der Waals surface area contributed by atoms with Gasteiger partial charge >= 0.3 is 0 Å². The fraction of sp³-hybridized carbons (Fsp3) is 0.286. The van der Waals surface area contributed by atoms with E-state index in [4.69, 9.17) is 46.4 Å². The molecule has 0 aliphatic rings. The van der Waals surface area contributed by atoms with Gasteiger partial charge in [-0.2, -0.15) is 0 Å². The largest absolute Gasteiger partial charge is 0.352 e. The lowest BCUT2D eigenvalue weighted by Gasteiger charge is -2.33. The minimum absolute atomic E-state index is 0.0139. The summed E-state index contributed by atoms with van der Waals surface area (Å²) in [4.78, 5) is 29.0. The highest BCUT2D eigenvalue weighted by Gasteiger charge is 2.32. The highest BCUT2D eigenvalue weighted by atomic mass is 35.5. The lowest BCUT2D eigenvalue weighted by molar-refractivity contribution is -0.141. The first-order valence-electron chi connectivity index (χ1n) is 11.7. The standard InChI is InChI=1S/C28H28Cl4N2O2/c1-3-18(2)33-28(36)26(14-19-8-5-4-6-9-19)34(17-22-23(30)10-7-11-24(22)31)27(35)15-20-12-13-21(29)16-25(20)32/h4-13,16,18,26H,3,14-15,17H2,1-2H3,(H,33,36). The molecular weight excluding hydrogens is 538 g/mol. The number of rotatable bonds is 10. The zero-order valence-corrected chi connectivity index (χ0v) is 23.1. The molecule has 1 N–H and O–H groups in total. The van der Waals surface area contributed by atoms with Crippen LogP contribution in [0.25, 0.3) is 0 Å². The zero-order valence-electron chi connectivity index (χ0n) is 20.1. The van der Waals surface area contributed by atoms with Gasteiger partial charge in [-0.3, -0.25) is 9.59 Å². The first-order chi connectivity index (χ1) is 17.2. The highest BCUT2D eigenvalue weighted by Crippen LogP contribution is 2.28. The fourth-order valence-electron chi connectivity index (χ4n) is 3.78. The van der Waals surface area contributed by atoms with Crippen LogP contribution in [0.1, 0.15) is 37.0 Å². The van der Waals surface area contributed by atoms with Crippen molar-refractivity contribution in [1.29, 1.82) is 0 Å². The molecule has 2 atom stereocenters. The molecule has 8 heteroatoms. The van der Waals surface area contributed by atoms with Gasteiger partial charge in [-0.15, -0.1) is 0 Å². The molecule has 3 rings (SSSR count). The van der Waals surface area contributed by atoms with Crippen LogP contribution < -0.4 is 5.32 Å². The molecule has 190 valence electrons. The molecule has 0 fully saturated rings. The van der Waals surface area contributed by atoms with E-state index in [9.17, 15) is 9.59 Å². The van der Waals surface area contributed by atoms with Crippen molar-refractivity contribution in [2.24, 2.45) is 0 Å². The Labute approximate surface area is 232 Å². The average Bonchev–Trinajstić information content (AvgIpc) is 2.85. The van der Waals surface area contributed by atoms with E-state index in [1.54, 1.807) is 41.3 Å². The van der Waals surface area contributed by atoms with Gasteiger partial charge in [-0.1, -0.05) is 95.8 Å². The van der Waals surface area contributed by atoms with E-state index in [2.05, 4.69) is 5.32 Å². The Morgan fingerprint density at radius 1 is 0.889 bits per heavy atom. The van der Waals surface area contributed by atoms with Gasteiger partial charge in [0.1, 0.15) is 6.04 Å². The van der Waals surface area contributed by atoms with Gasteiger partial charge in [0.15, 0.2) is 0 Å². The van der Waals surface area contributed by atoms with E-state index in [0.29, 0.717) is 37.6 Å². The number of benzene rings is 3. The van der Waals surface area contributed by atoms with Crippen LogP contribution in [-0.4, -0.2) is 28.8 Å². The topological polar surface area (TPSA) is 49.4 Å². The maximum Gasteiger partial charge on any atom is 0.243 e. The van der Waals surface area contributed by atoms with Crippen LogP contribution in [0.5, 0.6) is 0 Å². The van der Waals surface area contributed by atoms with Gasteiger partial charge < -0.3 is 10.2 Å². The minimum atomic E-state index is -0.799. The van der Waals surface area contributed by atoms with Crippen molar-refractivity contribution in [3.8, 4) is 0 Å². The summed E-state index contributed by atoms with van der Waals surface area (Å²) >= 11 is 25.4. The minimum Gasteiger partial charge on any atom is -0.352 e. The van der Waals surface area contributed by atoms with Crippen LogP contribution in [-0.2, 0) is 29.0 Å². The third kappa shape index (κ3) is 7.63. The first-order valence-corrected chi connectivity index (χ1v) is 13.2. The summed E-state index contributed by atoms with van der Waals surface area (Å²) in [6, 6.07) is 18.9. The van der Waals surface area contributed by atoms with Crippen LogP contribution >= 0.6 is 46.4 Å². The van der Waals surface area contributed by atoms with Crippen LogP contribution in [0, 0.1) is 0 Å². The summed E-state index contributed by atoms with van der Waals surface area (Å²) in [6.07, 6.45) is 1.07. The maximum absolute atomic E-state index is 13.8. The number of hydrogen-bond donors (Lipinski definition) is 1. The number of amides is 2. The Morgan fingerprint density at radius 2 is 1.56 bits per heavy atom. The normalized spacial score (nSPS) is 12.6. The van der Waals surface area contributed by atoms with E-state index in [1.165, 1.54) is 0 Å². The van der Waals surface area contributed by atoms with Crippen molar-refractivity contribution < 1.29 is 9.59 Å². The van der Waals surface area contributed by atoms with Crippen molar-refractivity contribution >= 4 is 58.2 Å². The molecule has 0 bridgehead atoms. The maximum atomic E-state index is 13.8. The third-order valence-corrected chi connectivity index (χ3v) is 7.31. The predicted molar refractivity (Wildman–Crippen MR) is 149 cm³/mol. The van der Waals surface area contributed by atoms with Crippen LogP contribution in [0.2, 0.25) is 20.1 Å². The Hall–Kier alpha value is -2.24. The average molecular weight is 566 g/mol. The van der Waals surface area contributed by atoms with Gasteiger partial charge in [0.05, 0.1) is 6.42 Å². The number of carbonyl (C=O) groups is 2. The lowest BCUT2D eigenvalue weighted by Crippen LogP contribution is -2.52. The molecule has 0 saturated heterocycles. The molecule has 0 aromatic heterocycles. The number of carbonyl (C=O) groups excluding carboxylic acids is 2. The number of halogens is 4. The first kappa shape index (κ1) is 28.3. The molecule has 0 aliphatic heterocycles. The fourth-order valence-corrected chi connectivity index (χ4v) is 4.77. The molecule has 0 heterocycles. The van der Waals surface area contributed by atoms with Gasteiger partial charge in [-0.05, 0) is 48.7 Å². The third-order valence-electron chi connectivity index (χ3n) is 6.02. The molecule has 3 aromatic carbocycles. The molecule has 4 nitrogen and oxygen atoms in total. The summed E-state index contributed by atoms with van der Waals surface area (Å²) in [5.41, 5.74) is 2.11. The summed E-state index contributed by atoms with van der Waals surface area (Å²) in [5.74, 6) is -0.526. The van der Waals surface area contributed by atoms with E-state index in [1.807, 2.05) is 44.2 Å². The molecule has 3 aromatic rings. The molecule has 0 saturated carbocycles. The quantitative estimate of drug-likeness (QED) is 0.278. The van der Waals surface area contributed by atoms with Gasteiger partial charge in [0.2, 0.25) is 11.8 Å². The number of nitrogens with zero attached hydrogens (tertiary/aromatic N) is 1. The van der Waals surface area contributed by atoms with Crippen LogP contribution in [0.15, 0.2) is 66.7 Å². The molecule has 2 unspecified atom stereocenters. The van der Waals surface area contributed by atoms with E-state index in [-0.39, 0.29) is 30.8 Å². The smallest absolute Gasteiger partial charge is 0.243 e. The summed E-state index contributed by atoms with van der Waals surface area (Å²) < 4.78 is 0. The second-order valence-electron chi connectivity index (χ2n) is 8.66. The Kier molecular flexibility index (Phi) is 10.5. The van der Waals surface area contributed by atoms with Gasteiger partial charge in [-0.25, -0.2) is 0 Å². The van der Waals surface area contributed by atoms with E-state index < -0.39 is 6.04 Å². The molecule has 36 heavy (non-hydrogen) atoms. The second kappa shape index (κ2) is 13.3. The van der Waals surface area contributed by atoms with Crippen molar-refractivity contribution in [1.82, 2.24) is 10.2 Å². The van der Waals surface area contributed by atoms with Crippen LogP contribution in [0.4, 0.5) is 0 Å². The van der Waals surface area contributed by atoms with Gasteiger partial charge in [0, 0.05) is 44.7 Å². The Morgan fingerprint density at radius 3 is 2.17 bits per heavy atom. The molecule has 2 amide bonds. The molecule has 0 spiro atoms. The summed E-state index contributed by atoms with van der Waals surface area (Å²) in [5, 5.41) is 4.75. The Bertz CT molecular complexity index is 1180. The summed E-state index contributed by atoms with van der Waals surface area (Å²) in [7, 11) is 0. The Balaban J connectivity index is 2.04.